The van der Waals surface area contributed by atoms with E-state index in [9.17, 15) is 0 Å². The van der Waals surface area contributed by atoms with E-state index in [0.717, 1.165) is 42.5 Å². The Hall–Kier alpha value is -0.540. The van der Waals surface area contributed by atoms with Crippen LogP contribution in [0.25, 0.3) is 0 Å². The average molecular weight is 536 g/mol. The molecule has 5 nitrogen and oxygen atoms in total. The highest BCUT2D eigenvalue weighted by Gasteiger charge is 2.29. The van der Waals surface area contributed by atoms with Crippen molar-refractivity contribution in [3.63, 3.8) is 0 Å². The molecule has 7 heteroatoms. The van der Waals surface area contributed by atoms with Gasteiger partial charge in [0.15, 0.2) is 5.96 Å². The molecule has 2 atom stereocenters. The van der Waals surface area contributed by atoms with Crippen molar-refractivity contribution < 1.29 is 0 Å². The highest BCUT2D eigenvalue weighted by molar-refractivity contribution is 14.0. The van der Waals surface area contributed by atoms with E-state index in [1.54, 1.807) is 0 Å². The summed E-state index contributed by atoms with van der Waals surface area (Å²) >= 11 is 3.50. The molecule has 0 spiro atoms. The zero-order valence-electron chi connectivity index (χ0n) is 15.9. The van der Waals surface area contributed by atoms with Crippen LogP contribution in [0, 0.1) is 0 Å². The molecule has 1 aliphatic heterocycles. The van der Waals surface area contributed by atoms with E-state index >= 15 is 0 Å². The second-order valence-corrected chi connectivity index (χ2v) is 8.17. The first-order chi connectivity index (χ1) is 12.1. The lowest BCUT2D eigenvalue weighted by molar-refractivity contribution is 0.247. The van der Waals surface area contributed by atoms with Crippen LogP contribution in [0.1, 0.15) is 26.2 Å². The molecule has 0 radical (unpaired) electrons. The standard InChI is InChI=1S/C19H30BrN5.HI/c1-14(24(3)17-8-9-17)12-22-19(21-2)23-16-10-11-25(13-16)18-6-4-15(20)5-7-18;/h4-7,14,16-17H,8-13H2,1-3H3,(H2,21,22,23);1H. The van der Waals surface area contributed by atoms with Gasteiger partial charge >= 0.3 is 0 Å². The molecule has 1 heterocycles. The monoisotopic (exact) mass is 535 g/mol. The van der Waals surface area contributed by atoms with Crippen LogP contribution in [0.3, 0.4) is 0 Å². The Bertz CT molecular complexity index is 590. The number of benzene rings is 1. The minimum absolute atomic E-state index is 0. The Morgan fingerprint density at radius 3 is 2.62 bits per heavy atom. The van der Waals surface area contributed by atoms with Gasteiger partial charge in [0, 0.05) is 55.0 Å². The van der Waals surface area contributed by atoms with E-state index in [2.05, 4.69) is 79.6 Å². The van der Waals surface area contributed by atoms with Crippen LogP contribution in [0.4, 0.5) is 5.69 Å². The van der Waals surface area contributed by atoms with E-state index in [1.165, 1.54) is 18.5 Å². The summed E-state index contributed by atoms with van der Waals surface area (Å²) < 4.78 is 1.13. The smallest absolute Gasteiger partial charge is 0.191 e. The van der Waals surface area contributed by atoms with Crippen LogP contribution in [-0.2, 0) is 0 Å². The summed E-state index contributed by atoms with van der Waals surface area (Å²) in [6, 6.07) is 10.3. The molecule has 1 aromatic rings. The highest BCUT2D eigenvalue weighted by atomic mass is 127. The van der Waals surface area contributed by atoms with Crippen LogP contribution in [0.15, 0.2) is 33.7 Å². The molecule has 0 amide bonds. The minimum atomic E-state index is 0. The minimum Gasteiger partial charge on any atom is -0.369 e. The number of nitrogens with zero attached hydrogens (tertiary/aromatic N) is 3. The summed E-state index contributed by atoms with van der Waals surface area (Å²) in [5, 5.41) is 7.08. The average Bonchev–Trinajstić information content (AvgIpc) is 3.37. The van der Waals surface area contributed by atoms with Crippen molar-refractivity contribution in [1.82, 2.24) is 15.5 Å². The third-order valence-corrected chi connectivity index (χ3v) is 5.86. The number of hydrogen-bond acceptors (Lipinski definition) is 3. The number of rotatable bonds is 6. The van der Waals surface area contributed by atoms with E-state index < -0.39 is 0 Å². The molecule has 2 fully saturated rings. The number of guanidine groups is 1. The maximum Gasteiger partial charge on any atom is 0.191 e. The first kappa shape index (κ1) is 21.8. The lowest BCUT2D eigenvalue weighted by Crippen LogP contribution is -2.48. The molecule has 26 heavy (non-hydrogen) atoms. The topological polar surface area (TPSA) is 42.9 Å². The number of nitrogens with one attached hydrogen (secondary N) is 2. The van der Waals surface area contributed by atoms with Crippen LogP contribution >= 0.6 is 39.9 Å². The van der Waals surface area contributed by atoms with E-state index in [4.69, 9.17) is 0 Å². The predicted molar refractivity (Wildman–Crippen MR) is 125 cm³/mol. The fourth-order valence-electron chi connectivity index (χ4n) is 3.38. The largest absolute Gasteiger partial charge is 0.369 e. The van der Waals surface area contributed by atoms with Gasteiger partial charge in [-0.3, -0.25) is 9.89 Å². The Labute approximate surface area is 183 Å². The molecule has 1 saturated carbocycles. The van der Waals surface area contributed by atoms with Gasteiger partial charge in [0.2, 0.25) is 0 Å². The summed E-state index contributed by atoms with van der Waals surface area (Å²) in [6.45, 7) is 5.30. The summed E-state index contributed by atoms with van der Waals surface area (Å²) in [4.78, 5) is 9.31. The summed E-state index contributed by atoms with van der Waals surface area (Å²) in [5.74, 6) is 0.915. The SMILES string of the molecule is CN=C(NCC(C)N(C)C1CC1)NC1CCN(c2ccc(Br)cc2)C1.I. The van der Waals surface area contributed by atoms with Gasteiger partial charge in [-0.1, -0.05) is 15.9 Å². The zero-order chi connectivity index (χ0) is 17.8. The number of aliphatic imine (C=N–C) groups is 1. The molecule has 1 aliphatic carbocycles. The van der Waals surface area contributed by atoms with Crippen LogP contribution < -0.4 is 15.5 Å². The second-order valence-electron chi connectivity index (χ2n) is 7.25. The summed E-state index contributed by atoms with van der Waals surface area (Å²) in [5.41, 5.74) is 1.29. The number of hydrogen-bond donors (Lipinski definition) is 2. The number of anilines is 1. The first-order valence-corrected chi connectivity index (χ1v) is 10.1. The Kier molecular flexibility index (Phi) is 8.47. The van der Waals surface area contributed by atoms with Crippen LogP contribution in [0.5, 0.6) is 0 Å². The van der Waals surface area contributed by atoms with Crippen molar-refractivity contribution in [3.05, 3.63) is 28.7 Å². The van der Waals surface area contributed by atoms with Gasteiger partial charge in [-0.25, -0.2) is 0 Å². The van der Waals surface area contributed by atoms with Crippen molar-refractivity contribution in [2.45, 2.75) is 44.3 Å². The maximum atomic E-state index is 4.40. The lowest BCUT2D eigenvalue weighted by atomic mass is 10.2. The number of halogens is 2. The van der Waals surface area contributed by atoms with Crippen molar-refractivity contribution in [2.24, 2.45) is 4.99 Å². The molecule has 2 unspecified atom stereocenters. The molecule has 146 valence electrons. The molecule has 1 saturated heterocycles. The zero-order valence-corrected chi connectivity index (χ0v) is 19.8. The van der Waals surface area contributed by atoms with Gasteiger partial charge in [-0.15, -0.1) is 24.0 Å². The Morgan fingerprint density at radius 2 is 2.00 bits per heavy atom. The quantitative estimate of drug-likeness (QED) is 0.333. The van der Waals surface area contributed by atoms with E-state index in [0.29, 0.717) is 12.1 Å². The normalized spacial score (nSPS) is 21.5. The maximum absolute atomic E-state index is 4.40. The second kappa shape index (κ2) is 10.1. The molecule has 0 aromatic heterocycles. The molecular weight excluding hydrogens is 505 g/mol. The Balaban J connectivity index is 0.00000243. The fourth-order valence-corrected chi connectivity index (χ4v) is 3.65. The van der Waals surface area contributed by atoms with Gasteiger partial charge in [-0.05, 0) is 57.5 Å². The number of likely N-dealkylation sites (N-methyl/N-ethyl adjacent to an activating group) is 1. The molecule has 0 bridgehead atoms. The molecular formula is C19H31BrIN5. The van der Waals surface area contributed by atoms with Crippen LogP contribution in [0.2, 0.25) is 0 Å². The van der Waals surface area contributed by atoms with Gasteiger partial charge in [0.05, 0.1) is 0 Å². The molecule has 1 aromatic carbocycles. The van der Waals surface area contributed by atoms with Gasteiger partial charge in [0.1, 0.15) is 0 Å². The lowest BCUT2D eigenvalue weighted by Gasteiger charge is -2.26. The van der Waals surface area contributed by atoms with Crippen molar-refractivity contribution in [2.75, 3.05) is 38.6 Å². The molecule has 2 N–H and O–H groups in total. The third-order valence-electron chi connectivity index (χ3n) is 5.33. The van der Waals surface area contributed by atoms with Crippen molar-refractivity contribution >= 4 is 51.6 Å². The first-order valence-electron chi connectivity index (χ1n) is 9.26. The van der Waals surface area contributed by atoms with Crippen molar-refractivity contribution in [3.8, 4) is 0 Å². The summed E-state index contributed by atoms with van der Waals surface area (Å²) in [6.07, 6.45) is 3.83. The molecule has 2 aliphatic rings. The van der Waals surface area contributed by atoms with E-state index in [-0.39, 0.29) is 24.0 Å². The predicted octanol–water partition coefficient (Wildman–Crippen LogP) is 3.29. The van der Waals surface area contributed by atoms with Gasteiger partial charge < -0.3 is 15.5 Å². The highest BCUT2D eigenvalue weighted by Crippen LogP contribution is 2.26. The summed E-state index contributed by atoms with van der Waals surface area (Å²) in [7, 11) is 4.08. The molecule has 3 rings (SSSR count). The third kappa shape index (κ3) is 5.99. The van der Waals surface area contributed by atoms with Gasteiger partial charge in [-0.2, -0.15) is 0 Å². The fraction of sp³-hybridized carbons (Fsp3) is 0.632. The van der Waals surface area contributed by atoms with Crippen LogP contribution in [-0.4, -0.2) is 62.7 Å². The van der Waals surface area contributed by atoms with Gasteiger partial charge in [0.25, 0.3) is 0 Å². The Morgan fingerprint density at radius 1 is 1.31 bits per heavy atom. The van der Waals surface area contributed by atoms with Crippen molar-refractivity contribution in [1.29, 1.82) is 0 Å². The van der Waals surface area contributed by atoms with E-state index in [1.807, 2.05) is 7.05 Å².